The summed E-state index contributed by atoms with van der Waals surface area (Å²) in [7, 11) is 0. The van der Waals surface area contributed by atoms with Crippen LogP contribution in [0.4, 0.5) is 9.59 Å². The number of rotatable bonds is 10. The van der Waals surface area contributed by atoms with E-state index in [0.29, 0.717) is 6.42 Å². The summed E-state index contributed by atoms with van der Waals surface area (Å²) in [5.41, 5.74) is 4.56. The molecule has 0 aromatic heterocycles. The van der Waals surface area contributed by atoms with Gasteiger partial charge >= 0.3 is 18.2 Å². The number of nitrogens with one attached hydrogen (secondary N) is 1. The second kappa shape index (κ2) is 11.0. The highest BCUT2D eigenvalue weighted by Gasteiger charge is 2.29. The molecule has 2 aromatic rings. The Kier molecular flexibility index (Phi) is 7.85. The first-order chi connectivity index (χ1) is 15.5. The fourth-order valence-electron chi connectivity index (χ4n) is 3.73. The predicted molar refractivity (Wildman–Crippen MR) is 118 cm³/mol. The monoisotopic (exact) mass is 438 g/mol. The van der Waals surface area contributed by atoms with Crippen molar-refractivity contribution in [2.24, 2.45) is 0 Å². The minimum Gasteiger partial charge on any atom is -0.480 e. The number of alkyl carbamates (subject to hydrolysis) is 1. The largest absolute Gasteiger partial charge is 0.480 e. The molecule has 0 spiro atoms. The standard InChI is InChI=1S/C24H26N2O6/c1-2-14-31-24(30)26(15-22(27)28)13-7-12-25-23(29)32-16-21-19-10-5-3-8-17(19)18-9-4-6-11-20(18)21/h2-6,8-11,21H,1,7,12-16H2,(H,25,29)(H,27,28). The molecular formula is C24H26N2O6. The van der Waals surface area contributed by atoms with Crippen LogP contribution in [0.1, 0.15) is 23.5 Å². The molecule has 32 heavy (non-hydrogen) atoms. The third kappa shape index (κ3) is 5.66. The molecule has 0 heterocycles. The molecule has 0 aliphatic heterocycles. The number of carbonyl (C=O) groups excluding carboxylic acids is 2. The lowest BCUT2D eigenvalue weighted by molar-refractivity contribution is -0.138. The Bertz CT molecular complexity index is 944. The highest BCUT2D eigenvalue weighted by molar-refractivity contribution is 5.79. The van der Waals surface area contributed by atoms with Gasteiger partial charge in [-0.2, -0.15) is 0 Å². The molecule has 0 atom stereocenters. The van der Waals surface area contributed by atoms with Gasteiger partial charge in [0, 0.05) is 19.0 Å². The van der Waals surface area contributed by atoms with Crippen LogP contribution >= 0.6 is 0 Å². The van der Waals surface area contributed by atoms with Gasteiger partial charge in [-0.25, -0.2) is 9.59 Å². The number of benzene rings is 2. The molecule has 2 N–H and O–H groups in total. The average Bonchev–Trinajstić information content (AvgIpc) is 3.11. The normalized spacial score (nSPS) is 11.8. The number of carboxylic acids is 1. The van der Waals surface area contributed by atoms with E-state index in [1.807, 2.05) is 36.4 Å². The number of ether oxygens (including phenoxy) is 2. The fraction of sp³-hybridized carbons (Fsp3) is 0.292. The van der Waals surface area contributed by atoms with E-state index in [1.54, 1.807) is 0 Å². The molecule has 2 aromatic carbocycles. The molecule has 0 saturated carbocycles. The van der Waals surface area contributed by atoms with Crippen LogP contribution in [-0.2, 0) is 14.3 Å². The van der Waals surface area contributed by atoms with Gasteiger partial charge in [-0.3, -0.25) is 9.69 Å². The van der Waals surface area contributed by atoms with Crippen molar-refractivity contribution in [2.75, 3.05) is 32.8 Å². The molecule has 3 rings (SSSR count). The molecule has 0 unspecified atom stereocenters. The molecule has 0 radical (unpaired) electrons. The molecule has 168 valence electrons. The van der Waals surface area contributed by atoms with Crippen molar-refractivity contribution in [1.82, 2.24) is 10.2 Å². The number of carbonyl (C=O) groups is 3. The van der Waals surface area contributed by atoms with Gasteiger partial charge in [0.25, 0.3) is 0 Å². The van der Waals surface area contributed by atoms with E-state index in [0.717, 1.165) is 27.2 Å². The second-order valence-electron chi connectivity index (χ2n) is 7.29. The van der Waals surface area contributed by atoms with Crippen LogP contribution in [0.5, 0.6) is 0 Å². The number of carboxylic acid groups (broad SMARTS) is 1. The van der Waals surface area contributed by atoms with Gasteiger partial charge in [0.2, 0.25) is 0 Å². The van der Waals surface area contributed by atoms with E-state index in [2.05, 4.69) is 24.0 Å². The summed E-state index contributed by atoms with van der Waals surface area (Å²) >= 11 is 0. The van der Waals surface area contributed by atoms with Crippen molar-refractivity contribution in [1.29, 1.82) is 0 Å². The van der Waals surface area contributed by atoms with E-state index >= 15 is 0 Å². The highest BCUT2D eigenvalue weighted by atomic mass is 16.6. The first kappa shape index (κ1) is 22.9. The summed E-state index contributed by atoms with van der Waals surface area (Å²) in [6.45, 7) is 3.50. The smallest absolute Gasteiger partial charge is 0.410 e. The summed E-state index contributed by atoms with van der Waals surface area (Å²) in [5, 5.41) is 11.6. The minimum absolute atomic E-state index is 0.00699. The lowest BCUT2D eigenvalue weighted by atomic mass is 9.98. The van der Waals surface area contributed by atoms with E-state index in [-0.39, 0.29) is 32.2 Å². The zero-order chi connectivity index (χ0) is 22.9. The molecule has 1 aliphatic rings. The number of nitrogens with zero attached hydrogens (tertiary/aromatic N) is 1. The van der Waals surface area contributed by atoms with Gasteiger partial charge in [0.1, 0.15) is 19.8 Å². The maximum atomic E-state index is 12.2. The van der Waals surface area contributed by atoms with E-state index in [1.165, 1.54) is 6.08 Å². The van der Waals surface area contributed by atoms with Crippen LogP contribution in [0.3, 0.4) is 0 Å². The number of aliphatic carboxylic acids is 1. The summed E-state index contributed by atoms with van der Waals surface area (Å²) in [5.74, 6) is -1.18. The predicted octanol–water partition coefficient (Wildman–Crippen LogP) is 3.62. The molecule has 0 bridgehead atoms. The number of hydrogen-bond acceptors (Lipinski definition) is 5. The van der Waals surface area contributed by atoms with Crippen molar-refractivity contribution in [3.63, 3.8) is 0 Å². The average molecular weight is 438 g/mol. The van der Waals surface area contributed by atoms with Gasteiger partial charge < -0.3 is 19.9 Å². The van der Waals surface area contributed by atoms with Crippen LogP contribution in [0.25, 0.3) is 11.1 Å². The number of fused-ring (bicyclic) bond motifs is 3. The Hall–Kier alpha value is -3.81. The molecule has 1 aliphatic carbocycles. The van der Waals surface area contributed by atoms with Crippen molar-refractivity contribution < 1.29 is 29.0 Å². The lowest BCUT2D eigenvalue weighted by Gasteiger charge is -2.20. The zero-order valence-electron chi connectivity index (χ0n) is 17.7. The first-order valence-corrected chi connectivity index (χ1v) is 10.3. The van der Waals surface area contributed by atoms with E-state index in [4.69, 9.17) is 14.6 Å². The van der Waals surface area contributed by atoms with Crippen molar-refractivity contribution in [3.05, 3.63) is 72.3 Å². The molecule has 8 heteroatoms. The van der Waals surface area contributed by atoms with Crippen LogP contribution in [0.2, 0.25) is 0 Å². The summed E-state index contributed by atoms with van der Waals surface area (Å²) in [6.07, 6.45) is 0.440. The van der Waals surface area contributed by atoms with Crippen LogP contribution in [0.15, 0.2) is 61.2 Å². The Morgan fingerprint density at radius 1 is 1.03 bits per heavy atom. The maximum Gasteiger partial charge on any atom is 0.410 e. The maximum absolute atomic E-state index is 12.2. The minimum atomic E-state index is -1.15. The topological polar surface area (TPSA) is 105 Å². The Labute approximate surface area is 186 Å². The van der Waals surface area contributed by atoms with Crippen molar-refractivity contribution in [2.45, 2.75) is 12.3 Å². The second-order valence-corrected chi connectivity index (χ2v) is 7.29. The quantitative estimate of drug-likeness (QED) is 0.434. The van der Waals surface area contributed by atoms with Gasteiger partial charge in [-0.1, -0.05) is 61.2 Å². The Morgan fingerprint density at radius 3 is 2.25 bits per heavy atom. The Morgan fingerprint density at radius 2 is 1.66 bits per heavy atom. The van der Waals surface area contributed by atoms with Crippen LogP contribution in [0, 0.1) is 0 Å². The third-order valence-electron chi connectivity index (χ3n) is 5.13. The van der Waals surface area contributed by atoms with Gasteiger partial charge in [0.05, 0.1) is 0 Å². The van der Waals surface area contributed by atoms with Crippen LogP contribution < -0.4 is 5.32 Å². The van der Waals surface area contributed by atoms with Crippen LogP contribution in [-0.4, -0.2) is 61.0 Å². The molecule has 0 saturated heterocycles. The fourth-order valence-corrected chi connectivity index (χ4v) is 3.73. The molecule has 8 nitrogen and oxygen atoms in total. The highest BCUT2D eigenvalue weighted by Crippen LogP contribution is 2.44. The van der Waals surface area contributed by atoms with E-state index in [9.17, 15) is 14.4 Å². The van der Waals surface area contributed by atoms with Gasteiger partial charge in [-0.05, 0) is 28.7 Å². The van der Waals surface area contributed by atoms with E-state index < -0.39 is 24.7 Å². The van der Waals surface area contributed by atoms with Gasteiger partial charge in [-0.15, -0.1) is 0 Å². The molecule has 2 amide bonds. The van der Waals surface area contributed by atoms with Gasteiger partial charge in [0.15, 0.2) is 0 Å². The number of amides is 2. The summed E-state index contributed by atoms with van der Waals surface area (Å²) in [6, 6.07) is 16.2. The SMILES string of the molecule is C=CCOC(=O)N(CCCNC(=O)OCC1c2ccccc2-c2ccccc21)CC(=O)O. The zero-order valence-corrected chi connectivity index (χ0v) is 17.7. The third-order valence-corrected chi connectivity index (χ3v) is 5.13. The summed E-state index contributed by atoms with van der Waals surface area (Å²) < 4.78 is 10.3. The Balaban J connectivity index is 1.47. The van der Waals surface area contributed by atoms with Crippen molar-refractivity contribution >= 4 is 18.2 Å². The van der Waals surface area contributed by atoms with Crippen molar-refractivity contribution in [3.8, 4) is 11.1 Å². The first-order valence-electron chi connectivity index (χ1n) is 10.3. The summed E-state index contributed by atoms with van der Waals surface area (Å²) in [4.78, 5) is 36.1. The molecule has 0 fully saturated rings. The lowest BCUT2D eigenvalue weighted by Crippen LogP contribution is -2.38. The molecular weight excluding hydrogens is 412 g/mol. The number of hydrogen-bond donors (Lipinski definition) is 2.